The Morgan fingerprint density at radius 3 is 1.67 bits per heavy atom. The first kappa shape index (κ1) is 12.3. The number of aromatic hydroxyl groups is 2. The summed E-state index contributed by atoms with van der Waals surface area (Å²) in [5.74, 6) is 0.323. The van der Waals surface area contributed by atoms with Crippen LogP contribution in [0.5, 0.6) is 11.5 Å². The third-order valence-corrected chi connectivity index (χ3v) is 2.70. The number of benzene rings is 2. The standard InChI is InChI=1S/C14H16N2O2/c15-9-10-16(11-5-1-3-7-13(11)17)12-6-2-4-8-14(12)18/h1-8,17-18H,9-10,15H2. The fourth-order valence-corrected chi connectivity index (χ4v) is 1.88. The summed E-state index contributed by atoms with van der Waals surface area (Å²) in [6, 6.07) is 14.0. The lowest BCUT2D eigenvalue weighted by Gasteiger charge is -2.25. The summed E-state index contributed by atoms with van der Waals surface area (Å²) >= 11 is 0. The normalized spacial score (nSPS) is 10.3. The van der Waals surface area contributed by atoms with Gasteiger partial charge in [-0.3, -0.25) is 0 Å². The average Bonchev–Trinajstić information content (AvgIpc) is 2.38. The van der Waals surface area contributed by atoms with Crippen LogP contribution in [0, 0.1) is 0 Å². The maximum absolute atomic E-state index is 9.90. The molecule has 0 saturated carbocycles. The van der Waals surface area contributed by atoms with E-state index in [-0.39, 0.29) is 11.5 Å². The van der Waals surface area contributed by atoms with Crippen molar-refractivity contribution in [3.05, 3.63) is 48.5 Å². The van der Waals surface area contributed by atoms with Crippen molar-refractivity contribution in [3.8, 4) is 11.5 Å². The second-order valence-electron chi connectivity index (χ2n) is 3.92. The van der Waals surface area contributed by atoms with Crippen molar-refractivity contribution in [1.82, 2.24) is 0 Å². The molecule has 94 valence electrons. The lowest BCUT2D eigenvalue weighted by molar-refractivity contribution is 0.470. The van der Waals surface area contributed by atoms with Crippen LogP contribution in [0.2, 0.25) is 0 Å². The lowest BCUT2D eigenvalue weighted by atomic mass is 10.2. The van der Waals surface area contributed by atoms with Crippen LogP contribution in [0.15, 0.2) is 48.5 Å². The van der Waals surface area contributed by atoms with E-state index in [1.54, 1.807) is 41.3 Å². The van der Waals surface area contributed by atoms with E-state index in [0.29, 0.717) is 24.5 Å². The number of anilines is 2. The summed E-state index contributed by atoms with van der Waals surface area (Å²) in [6.07, 6.45) is 0. The van der Waals surface area contributed by atoms with Gasteiger partial charge in [0.15, 0.2) is 0 Å². The van der Waals surface area contributed by atoms with Crippen molar-refractivity contribution in [3.63, 3.8) is 0 Å². The fourth-order valence-electron chi connectivity index (χ4n) is 1.88. The molecule has 4 nitrogen and oxygen atoms in total. The Balaban J connectivity index is 2.47. The number of nitrogens with two attached hydrogens (primary N) is 1. The maximum Gasteiger partial charge on any atom is 0.139 e. The third kappa shape index (κ3) is 2.38. The van der Waals surface area contributed by atoms with E-state index < -0.39 is 0 Å². The largest absolute Gasteiger partial charge is 0.506 e. The molecule has 0 spiro atoms. The van der Waals surface area contributed by atoms with Crippen LogP contribution in [0.1, 0.15) is 0 Å². The van der Waals surface area contributed by atoms with E-state index >= 15 is 0 Å². The van der Waals surface area contributed by atoms with Gasteiger partial charge < -0.3 is 20.8 Å². The molecule has 2 aromatic rings. The summed E-state index contributed by atoms with van der Waals surface area (Å²) in [4.78, 5) is 1.80. The van der Waals surface area contributed by atoms with Crippen LogP contribution < -0.4 is 10.6 Å². The molecule has 0 bridgehead atoms. The molecular weight excluding hydrogens is 228 g/mol. The number of para-hydroxylation sites is 4. The highest BCUT2D eigenvalue weighted by Gasteiger charge is 2.14. The zero-order valence-electron chi connectivity index (χ0n) is 9.95. The van der Waals surface area contributed by atoms with Gasteiger partial charge in [0.2, 0.25) is 0 Å². The quantitative estimate of drug-likeness (QED) is 0.771. The Labute approximate surface area is 106 Å². The Morgan fingerprint density at radius 1 is 0.833 bits per heavy atom. The number of rotatable bonds is 4. The summed E-state index contributed by atoms with van der Waals surface area (Å²) in [7, 11) is 0. The molecule has 0 fully saturated rings. The van der Waals surface area contributed by atoms with E-state index in [1.807, 2.05) is 12.1 Å². The van der Waals surface area contributed by atoms with Gasteiger partial charge in [-0.2, -0.15) is 0 Å². The molecule has 18 heavy (non-hydrogen) atoms. The van der Waals surface area contributed by atoms with Gasteiger partial charge in [0.1, 0.15) is 11.5 Å². The number of hydrogen-bond donors (Lipinski definition) is 3. The van der Waals surface area contributed by atoms with E-state index in [1.165, 1.54) is 0 Å². The average molecular weight is 244 g/mol. The van der Waals surface area contributed by atoms with Gasteiger partial charge >= 0.3 is 0 Å². The molecule has 0 saturated heterocycles. The predicted octanol–water partition coefficient (Wildman–Crippen LogP) is 2.19. The molecule has 0 aliphatic carbocycles. The van der Waals surface area contributed by atoms with Crippen molar-refractivity contribution in [2.45, 2.75) is 0 Å². The Morgan fingerprint density at radius 2 is 1.28 bits per heavy atom. The van der Waals surface area contributed by atoms with Gasteiger partial charge in [-0.25, -0.2) is 0 Å². The minimum atomic E-state index is 0.161. The van der Waals surface area contributed by atoms with Gasteiger partial charge in [0.05, 0.1) is 11.4 Å². The van der Waals surface area contributed by atoms with Crippen LogP contribution in [-0.2, 0) is 0 Å². The molecule has 0 radical (unpaired) electrons. The molecule has 2 aromatic carbocycles. The van der Waals surface area contributed by atoms with Crippen molar-refractivity contribution < 1.29 is 10.2 Å². The van der Waals surface area contributed by atoms with E-state index in [4.69, 9.17) is 5.73 Å². The monoisotopic (exact) mass is 244 g/mol. The number of nitrogens with zero attached hydrogens (tertiary/aromatic N) is 1. The molecule has 0 unspecified atom stereocenters. The van der Waals surface area contributed by atoms with Gasteiger partial charge in [-0.05, 0) is 24.3 Å². The zero-order chi connectivity index (χ0) is 13.0. The lowest BCUT2D eigenvalue weighted by Crippen LogP contribution is -2.24. The first-order chi connectivity index (χ1) is 8.74. The molecule has 0 aliphatic rings. The highest BCUT2D eigenvalue weighted by atomic mass is 16.3. The third-order valence-electron chi connectivity index (χ3n) is 2.70. The van der Waals surface area contributed by atoms with Gasteiger partial charge in [-0.15, -0.1) is 0 Å². The van der Waals surface area contributed by atoms with E-state index in [2.05, 4.69) is 0 Å². The van der Waals surface area contributed by atoms with E-state index in [9.17, 15) is 10.2 Å². The van der Waals surface area contributed by atoms with Crippen molar-refractivity contribution in [2.75, 3.05) is 18.0 Å². The van der Waals surface area contributed by atoms with Crippen LogP contribution >= 0.6 is 0 Å². The molecule has 0 amide bonds. The van der Waals surface area contributed by atoms with Gasteiger partial charge in [-0.1, -0.05) is 24.3 Å². The smallest absolute Gasteiger partial charge is 0.139 e. The molecule has 2 rings (SSSR count). The highest BCUT2D eigenvalue weighted by Crippen LogP contribution is 2.36. The summed E-state index contributed by atoms with van der Waals surface area (Å²) in [5, 5.41) is 19.8. The predicted molar refractivity (Wildman–Crippen MR) is 72.3 cm³/mol. The molecule has 4 N–H and O–H groups in total. The van der Waals surface area contributed by atoms with Crippen molar-refractivity contribution in [2.24, 2.45) is 5.73 Å². The molecule has 0 aromatic heterocycles. The number of phenolic OH excluding ortho intramolecular Hbond substituents is 2. The Kier molecular flexibility index (Phi) is 3.69. The minimum absolute atomic E-state index is 0.161. The van der Waals surface area contributed by atoms with Gasteiger partial charge in [0.25, 0.3) is 0 Å². The van der Waals surface area contributed by atoms with Crippen molar-refractivity contribution in [1.29, 1.82) is 0 Å². The van der Waals surface area contributed by atoms with Crippen LogP contribution in [-0.4, -0.2) is 23.3 Å². The second kappa shape index (κ2) is 5.42. The zero-order valence-corrected chi connectivity index (χ0v) is 9.95. The second-order valence-corrected chi connectivity index (χ2v) is 3.92. The molecular formula is C14H16N2O2. The molecule has 4 heteroatoms. The topological polar surface area (TPSA) is 69.7 Å². The first-order valence-corrected chi connectivity index (χ1v) is 5.77. The highest BCUT2D eigenvalue weighted by molar-refractivity contribution is 5.72. The van der Waals surface area contributed by atoms with Crippen LogP contribution in [0.25, 0.3) is 0 Å². The summed E-state index contributed by atoms with van der Waals surface area (Å²) < 4.78 is 0. The SMILES string of the molecule is NCCN(c1ccccc1O)c1ccccc1O. The van der Waals surface area contributed by atoms with Crippen LogP contribution in [0.3, 0.4) is 0 Å². The molecule has 0 aliphatic heterocycles. The maximum atomic E-state index is 9.90. The Bertz CT molecular complexity index is 483. The Hall–Kier alpha value is -2.20. The number of phenols is 2. The molecule has 0 atom stereocenters. The number of hydrogen-bond acceptors (Lipinski definition) is 4. The fraction of sp³-hybridized carbons (Fsp3) is 0.143. The van der Waals surface area contributed by atoms with Crippen LogP contribution in [0.4, 0.5) is 11.4 Å². The first-order valence-electron chi connectivity index (χ1n) is 5.77. The minimum Gasteiger partial charge on any atom is -0.506 e. The summed E-state index contributed by atoms with van der Waals surface area (Å²) in [6.45, 7) is 0.928. The van der Waals surface area contributed by atoms with Crippen molar-refractivity contribution >= 4 is 11.4 Å². The molecule has 0 heterocycles. The summed E-state index contributed by atoms with van der Waals surface area (Å²) in [5.41, 5.74) is 6.86. The van der Waals surface area contributed by atoms with Gasteiger partial charge in [0, 0.05) is 13.1 Å². The van der Waals surface area contributed by atoms with E-state index in [0.717, 1.165) is 0 Å².